The van der Waals surface area contributed by atoms with Gasteiger partial charge in [0, 0.05) is 72.4 Å². The summed E-state index contributed by atoms with van der Waals surface area (Å²) in [5.74, 6) is -0.621. The van der Waals surface area contributed by atoms with Crippen molar-refractivity contribution in [3.8, 4) is 11.1 Å². The van der Waals surface area contributed by atoms with Crippen LogP contribution in [0.1, 0.15) is 103 Å². The van der Waals surface area contributed by atoms with Crippen LogP contribution in [-0.2, 0) is 19.1 Å². The van der Waals surface area contributed by atoms with E-state index in [-0.39, 0.29) is 47.6 Å². The molecule has 2 fully saturated rings. The van der Waals surface area contributed by atoms with Gasteiger partial charge in [0.15, 0.2) is 0 Å². The first kappa shape index (κ1) is 40.4. The smallest absolute Gasteiger partial charge is 0.425 e. The number of carbonyl (C=O) groups is 4. The molecule has 2 saturated carbocycles. The first-order chi connectivity index (χ1) is 27.0. The zero-order valence-corrected chi connectivity index (χ0v) is 33.5. The SMILES string of the molecule is COC(=O)NN(C(=O)[C@H]1CCCCC1C1=NC=C(c2ccc(-c3ccc(C4=CN=C(C5CCCC[C@H]5C(=O)N(NC(=O)OC)C(C)C)C4)cc3)cc2)C1)C(C)C. The Balaban J connectivity index is 1.06. The minimum absolute atomic E-state index is 0.0251. The summed E-state index contributed by atoms with van der Waals surface area (Å²) < 4.78 is 9.54. The standard InChI is InChI=1S/C44H56N6O6/c1-27(2)49(47-43(53)55-5)41(51)37-13-9-7-11-35(37)39-23-33(25-45-39)31-19-15-29(16-20-31)30-17-21-32(22-18-30)34-24-40(46-26-34)36-12-8-10-14-38(36)42(52)50(28(3)4)48-44(54)56-6/h15-22,25-28,35-38H,7-14,23-24H2,1-6H3,(H,47,53)(H,48,54)/t35?,36?,37-,38+. The fourth-order valence-electron chi connectivity index (χ4n) is 8.63. The molecule has 2 N–H and O–H groups in total. The number of methoxy groups -OCH3 is 2. The number of aliphatic imine (C=N–C) groups is 2. The summed E-state index contributed by atoms with van der Waals surface area (Å²) in [5.41, 5.74) is 14.0. The summed E-state index contributed by atoms with van der Waals surface area (Å²) in [6, 6.07) is 16.7. The van der Waals surface area contributed by atoms with E-state index >= 15 is 0 Å². The van der Waals surface area contributed by atoms with Crippen molar-refractivity contribution in [3.05, 3.63) is 72.1 Å². The third kappa shape index (κ3) is 9.06. The number of hydrazine groups is 2. The number of rotatable bonds is 9. The lowest BCUT2D eigenvalue weighted by atomic mass is 9.74. The van der Waals surface area contributed by atoms with Crippen molar-refractivity contribution in [3.63, 3.8) is 0 Å². The summed E-state index contributed by atoms with van der Waals surface area (Å²) >= 11 is 0. The van der Waals surface area contributed by atoms with Gasteiger partial charge < -0.3 is 9.47 Å². The maximum atomic E-state index is 13.7. The Hall–Kier alpha value is -5.26. The van der Waals surface area contributed by atoms with Gasteiger partial charge in [0.05, 0.1) is 14.2 Å². The van der Waals surface area contributed by atoms with E-state index in [0.29, 0.717) is 12.8 Å². The molecular formula is C44H56N6O6. The van der Waals surface area contributed by atoms with E-state index in [1.165, 1.54) is 24.2 Å². The van der Waals surface area contributed by atoms with Crippen LogP contribution in [0.15, 0.2) is 70.9 Å². The van der Waals surface area contributed by atoms with Crippen LogP contribution in [0.25, 0.3) is 22.3 Å². The summed E-state index contributed by atoms with van der Waals surface area (Å²) in [7, 11) is 2.59. The Morgan fingerprint density at radius 3 is 1.25 bits per heavy atom. The molecule has 0 aromatic heterocycles. The zero-order chi connectivity index (χ0) is 39.9. The van der Waals surface area contributed by atoms with Crippen molar-refractivity contribution in [1.82, 2.24) is 20.9 Å². The molecule has 12 heteroatoms. The molecule has 2 aliphatic carbocycles. The van der Waals surface area contributed by atoms with Gasteiger partial charge in [-0.15, -0.1) is 0 Å². The third-order valence-electron chi connectivity index (χ3n) is 11.7. The molecule has 2 aromatic carbocycles. The van der Waals surface area contributed by atoms with Crippen molar-refractivity contribution in [2.24, 2.45) is 33.7 Å². The number of benzene rings is 2. The second-order valence-corrected chi connectivity index (χ2v) is 15.9. The molecule has 56 heavy (non-hydrogen) atoms. The summed E-state index contributed by atoms with van der Waals surface area (Å²) in [4.78, 5) is 61.1. The molecule has 2 aliphatic heterocycles. The second kappa shape index (κ2) is 18.1. The topological polar surface area (TPSA) is 142 Å². The highest BCUT2D eigenvalue weighted by Crippen LogP contribution is 2.40. The summed E-state index contributed by atoms with van der Waals surface area (Å²) in [6.07, 6.45) is 11.3. The van der Waals surface area contributed by atoms with Crippen LogP contribution in [0.3, 0.4) is 0 Å². The molecule has 6 rings (SSSR count). The largest absolute Gasteiger partial charge is 0.452 e. The van der Waals surface area contributed by atoms with Gasteiger partial charge in [-0.05, 0) is 86.8 Å². The van der Waals surface area contributed by atoms with E-state index in [1.807, 2.05) is 40.1 Å². The average molecular weight is 765 g/mol. The summed E-state index contributed by atoms with van der Waals surface area (Å²) in [6.45, 7) is 7.52. The maximum Gasteiger partial charge on any atom is 0.425 e. The van der Waals surface area contributed by atoms with Crippen molar-refractivity contribution in [1.29, 1.82) is 0 Å². The highest BCUT2D eigenvalue weighted by molar-refractivity contribution is 6.03. The first-order valence-corrected chi connectivity index (χ1v) is 20.1. The molecule has 4 amide bonds. The van der Waals surface area contributed by atoms with Crippen molar-refractivity contribution < 1.29 is 28.7 Å². The van der Waals surface area contributed by atoms with E-state index in [9.17, 15) is 19.2 Å². The zero-order valence-electron chi connectivity index (χ0n) is 33.5. The van der Waals surface area contributed by atoms with E-state index < -0.39 is 12.2 Å². The number of nitrogens with one attached hydrogen (secondary N) is 2. The quantitative estimate of drug-likeness (QED) is 0.246. The predicted octanol–water partition coefficient (Wildman–Crippen LogP) is 8.35. The van der Waals surface area contributed by atoms with Gasteiger partial charge >= 0.3 is 12.2 Å². The van der Waals surface area contributed by atoms with Crippen molar-refractivity contribution in [2.45, 2.75) is 104 Å². The van der Waals surface area contributed by atoms with Gasteiger partial charge in [0.2, 0.25) is 11.8 Å². The highest BCUT2D eigenvalue weighted by Gasteiger charge is 2.40. The van der Waals surface area contributed by atoms with Crippen LogP contribution in [0.5, 0.6) is 0 Å². The average Bonchev–Trinajstić information content (AvgIpc) is 3.93. The molecule has 12 nitrogen and oxygen atoms in total. The number of allylic oxidation sites excluding steroid dienone is 2. The monoisotopic (exact) mass is 764 g/mol. The Morgan fingerprint density at radius 2 is 0.911 bits per heavy atom. The van der Waals surface area contributed by atoms with Crippen LogP contribution in [-0.4, -0.2) is 71.7 Å². The molecule has 0 radical (unpaired) electrons. The van der Waals surface area contributed by atoms with Crippen LogP contribution in [0.4, 0.5) is 9.59 Å². The molecule has 2 unspecified atom stereocenters. The Kier molecular flexibility index (Phi) is 13.1. The predicted molar refractivity (Wildman–Crippen MR) is 218 cm³/mol. The number of amides is 4. The second-order valence-electron chi connectivity index (χ2n) is 15.9. The molecule has 2 heterocycles. The number of nitrogens with zero attached hydrogens (tertiary/aromatic N) is 4. The van der Waals surface area contributed by atoms with Gasteiger partial charge in [-0.3, -0.25) is 19.6 Å². The molecule has 4 aliphatic rings. The van der Waals surface area contributed by atoms with Crippen molar-refractivity contribution >= 4 is 46.6 Å². The number of carbonyl (C=O) groups excluding carboxylic acids is 4. The van der Waals surface area contributed by atoms with Crippen LogP contribution < -0.4 is 10.9 Å². The molecular weight excluding hydrogens is 709 g/mol. The highest BCUT2D eigenvalue weighted by atomic mass is 16.5. The lowest BCUT2D eigenvalue weighted by Gasteiger charge is -2.36. The van der Waals surface area contributed by atoms with E-state index in [0.717, 1.165) is 96.2 Å². The van der Waals surface area contributed by atoms with Gasteiger partial charge in [-0.1, -0.05) is 74.2 Å². The lowest BCUT2D eigenvalue weighted by Crippen LogP contribution is -2.54. The van der Waals surface area contributed by atoms with E-state index in [2.05, 4.69) is 59.4 Å². The normalized spacial score (nSPS) is 22.1. The molecule has 0 spiro atoms. The van der Waals surface area contributed by atoms with Gasteiger partial charge in [0.25, 0.3) is 0 Å². The first-order valence-electron chi connectivity index (χ1n) is 20.1. The summed E-state index contributed by atoms with van der Waals surface area (Å²) in [5, 5.41) is 2.82. The fraction of sp³-hybridized carbons (Fsp3) is 0.500. The van der Waals surface area contributed by atoms with Crippen LogP contribution in [0, 0.1) is 23.7 Å². The molecule has 4 atom stereocenters. The maximum absolute atomic E-state index is 13.7. The molecule has 2 aromatic rings. The van der Waals surface area contributed by atoms with Crippen LogP contribution >= 0.6 is 0 Å². The minimum atomic E-state index is -0.651. The number of hydrogen-bond donors (Lipinski definition) is 2. The van der Waals surface area contributed by atoms with E-state index in [1.54, 1.807) is 0 Å². The van der Waals surface area contributed by atoms with Crippen molar-refractivity contribution in [2.75, 3.05) is 14.2 Å². The minimum Gasteiger partial charge on any atom is -0.452 e. The van der Waals surface area contributed by atoms with E-state index in [4.69, 9.17) is 19.5 Å². The van der Waals surface area contributed by atoms with Gasteiger partial charge in [-0.2, -0.15) is 0 Å². The van der Waals surface area contributed by atoms with Gasteiger partial charge in [0.1, 0.15) is 0 Å². The molecule has 0 saturated heterocycles. The molecule has 298 valence electrons. The fourth-order valence-corrected chi connectivity index (χ4v) is 8.63. The Morgan fingerprint density at radius 1 is 0.571 bits per heavy atom. The Bertz CT molecular complexity index is 1760. The number of ether oxygens (including phenoxy) is 2. The van der Waals surface area contributed by atoms with Gasteiger partial charge in [-0.25, -0.2) is 30.5 Å². The third-order valence-corrected chi connectivity index (χ3v) is 11.7. The molecule has 0 bridgehead atoms. The van der Waals surface area contributed by atoms with Crippen LogP contribution in [0.2, 0.25) is 0 Å². The Labute approximate surface area is 330 Å². The number of hydrogen-bond acceptors (Lipinski definition) is 8. The lowest BCUT2D eigenvalue weighted by molar-refractivity contribution is -0.143.